The summed E-state index contributed by atoms with van der Waals surface area (Å²) >= 11 is 1.57. The molecule has 3 aliphatic rings. The Morgan fingerprint density at radius 3 is 2.73 bits per heavy atom. The van der Waals surface area contributed by atoms with Crippen molar-refractivity contribution in [3.05, 3.63) is 35.5 Å². The van der Waals surface area contributed by atoms with Gasteiger partial charge < -0.3 is 10.1 Å². The Hall–Kier alpha value is -2.41. The van der Waals surface area contributed by atoms with Crippen LogP contribution < -0.4 is 15.4 Å². The topological polar surface area (TPSA) is 84.4 Å². The number of hydrogen-bond donors (Lipinski definition) is 1. The maximum absolute atomic E-state index is 12.8. The monoisotopic (exact) mass is 480 g/mol. The van der Waals surface area contributed by atoms with Crippen molar-refractivity contribution < 1.29 is 14.3 Å². The summed E-state index contributed by atoms with van der Waals surface area (Å²) in [4.78, 5) is 37.1. The van der Waals surface area contributed by atoms with Crippen LogP contribution in [0, 0.1) is 17.3 Å². The van der Waals surface area contributed by atoms with E-state index in [0.717, 1.165) is 51.0 Å². The number of hydrogen-bond acceptors (Lipinski definition) is 7. The molecule has 170 valence electrons. The fraction of sp³-hybridized carbons (Fsp3) is 0.417. The molecule has 0 radical (unpaired) electrons. The van der Waals surface area contributed by atoms with E-state index in [9.17, 15) is 9.59 Å². The number of pyridine rings is 2. The minimum absolute atomic E-state index is 0.0404. The third-order valence-electron chi connectivity index (χ3n) is 7.12. The molecule has 0 aromatic carbocycles. The quantitative estimate of drug-likeness (QED) is 0.447. The zero-order valence-electron chi connectivity index (χ0n) is 18.5. The van der Waals surface area contributed by atoms with Crippen LogP contribution in [-0.2, 0) is 16.1 Å². The van der Waals surface area contributed by atoms with Gasteiger partial charge in [0.25, 0.3) is 0 Å². The lowest BCUT2D eigenvalue weighted by atomic mass is 10.1. The van der Waals surface area contributed by atoms with Crippen LogP contribution >= 0.6 is 20.6 Å². The van der Waals surface area contributed by atoms with Gasteiger partial charge in [0.2, 0.25) is 17.7 Å². The van der Waals surface area contributed by atoms with E-state index in [0.29, 0.717) is 12.4 Å². The number of aromatic nitrogens is 2. The standard InChI is InChI=1S/C24H25N4O3PS/c1-24(2)18-19(24)23(30)28(22(18)29)11-14-8-17-20(33-14)15(4-6-26-17)16-7-13(32)10-27-21(16)31-12-3-5-25-9-12/h4,6-8,10,12,18-19,25H,3,5,9,11,32H2,1-2H3/t12-,18?,19?/m1/s1. The van der Waals surface area contributed by atoms with Crippen molar-refractivity contribution in [2.75, 3.05) is 13.1 Å². The lowest BCUT2D eigenvalue weighted by Gasteiger charge is -2.19. The number of piperidine rings is 1. The number of carbonyl (C=O) groups excluding carboxylic acids is 2. The Balaban J connectivity index is 1.34. The molecule has 3 aromatic heterocycles. The van der Waals surface area contributed by atoms with E-state index in [4.69, 9.17) is 4.74 Å². The molecule has 2 saturated heterocycles. The van der Waals surface area contributed by atoms with Gasteiger partial charge in [-0.05, 0) is 41.9 Å². The van der Waals surface area contributed by atoms with Crippen LogP contribution in [0.3, 0.4) is 0 Å². The predicted molar refractivity (Wildman–Crippen MR) is 130 cm³/mol. The van der Waals surface area contributed by atoms with Crippen molar-refractivity contribution in [1.82, 2.24) is 20.2 Å². The minimum Gasteiger partial charge on any atom is -0.473 e. The van der Waals surface area contributed by atoms with E-state index in [1.165, 1.54) is 4.90 Å². The van der Waals surface area contributed by atoms with Crippen LogP contribution in [0.2, 0.25) is 0 Å². The molecule has 0 spiro atoms. The van der Waals surface area contributed by atoms with Gasteiger partial charge in [-0.1, -0.05) is 13.8 Å². The number of amides is 2. The van der Waals surface area contributed by atoms with Gasteiger partial charge in [-0.2, -0.15) is 0 Å². The lowest BCUT2D eigenvalue weighted by molar-refractivity contribution is -0.143. The number of nitrogens with one attached hydrogen (secondary N) is 1. The summed E-state index contributed by atoms with van der Waals surface area (Å²) in [6.45, 7) is 6.07. The molecular formula is C24H25N4O3PS. The smallest absolute Gasteiger partial charge is 0.234 e. The fourth-order valence-corrected chi connectivity index (χ4v) is 6.61. The first kappa shape index (κ1) is 21.1. The second-order valence-corrected chi connectivity index (χ2v) is 11.5. The van der Waals surface area contributed by atoms with Crippen LogP contribution in [0.4, 0.5) is 0 Å². The summed E-state index contributed by atoms with van der Waals surface area (Å²) in [7, 11) is 2.70. The maximum atomic E-state index is 12.8. The summed E-state index contributed by atoms with van der Waals surface area (Å²) in [5.41, 5.74) is 2.57. The van der Waals surface area contributed by atoms with Gasteiger partial charge >= 0.3 is 0 Å². The second kappa shape index (κ2) is 7.55. The molecule has 1 aliphatic carbocycles. The minimum atomic E-state index is -0.193. The first-order chi connectivity index (χ1) is 15.8. The first-order valence-corrected chi connectivity index (χ1v) is 12.6. The van der Waals surface area contributed by atoms with Crippen molar-refractivity contribution in [2.24, 2.45) is 17.3 Å². The number of rotatable bonds is 5. The van der Waals surface area contributed by atoms with Crippen molar-refractivity contribution in [3.63, 3.8) is 0 Å². The molecular weight excluding hydrogens is 455 g/mol. The van der Waals surface area contributed by atoms with Gasteiger partial charge in [0.15, 0.2) is 0 Å². The number of fused-ring (bicyclic) bond motifs is 2. The van der Waals surface area contributed by atoms with Crippen LogP contribution in [0.25, 0.3) is 21.3 Å². The molecule has 3 fully saturated rings. The molecule has 0 bridgehead atoms. The number of ether oxygens (including phenoxy) is 1. The number of likely N-dealkylation sites (tertiary alicyclic amines) is 1. The third kappa shape index (κ3) is 3.38. The van der Waals surface area contributed by atoms with Crippen LogP contribution in [0.5, 0.6) is 5.88 Å². The Bertz CT molecular complexity index is 1280. The zero-order chi connectivity index (χ0) is 22.9. The van der Waals surface area contributed by atoms with E-state index in [-0.39, 0.29) is 35.2 Å². The van der Waals surface area contributed by atoms with Gasteiger partial charge in [0.1, 0.15) is 6.10 Å². The normalized spacial score (nSPS) is 25.7. The average Bonchev–Trinajstić information content (AvgIpc) is 3.23. The Labute approximate surface area is 198 Å². The van der Waals surface area contributed by atoms with E-state index in [2.05, 4.69) is 30.6 Å². The maximum Gasteiger partial charge on any atom is 0.234 e. The molecule has 3 unspecified atom stereocenters. The number of thiophene rings is 1. The summed E-state index contributed by atoms with van der Waals surface area (Å²) in [6.07, 6.45) is 4.64. The number of imide groups is 1. The SMILES string of the molecule is CC1(C)C2C(=O)N(Cc3cc4nccc(-c5cc(P)cnc5O[C@@H]5CCNC5)c4s3)C(=O)C21. The first-order valence-electron chi connectivity index (χ1n) is 11.2. The van der Waals surface area contributed by atoms with E-state index >= 15 is 0 Å². The molecule has 2 amide bonds. The molecule has 5 heterocycles. The average molecular weight is 481 g/mol. The molecule has 33 heavy (non-hydrogen) atoms. The number of nitrogens with zero attached hydrogens (tertiary/aromatic N) is 3. The highest BCUT2D eigenvalue weighted by atomic mass is 32.1. The second-order valence-electron chi connectivity index (χ2n) is 9.68. The summed E-state index contributed by atoms with van der Waals surface area (Å²) in [5.74, 6) is 0.217. The van der Waals surface area contributed by atoms with E-state index in [1.807, 2.05) is 26.0 Å². The van der Waals surface area contributed by atoms with Crippen molar-refractivity contribution in [3.8, 4) is 17.0 Å². The molecule has 6 rings (SSSR count). The van der Waals surface area contributed by atoms with Gasteiger partial charge in [-0.3, -0.25) is 19.5 Å². The zero-order valence-corrected chi connectivity index (χ0v) is 20.5. The summed E-state index contributed by atoms with van der Waals surface area (Å²) in [6, 6.07) is 6.03. The van der Waals surface area contributed by atoms with Crippen molar-refractivity contribution in [2.45, 2.75) is 32.9 Å². The highest BCUT2D eigenvalue weighted by molar-refractivity contribution is 7.27. The van der Waals surface area contributed by atoms with Crippen molar-refractivity contribution in [1.29, 1.82) is 0 Å². The van der Waals surface area contributed by atoms with Crippen LogP contribution in [0.15, 0.2) is 30.6 Å². The fourth-order valence-electron chi connectivity index (χ4n) is 5.23. The van der Waals surface area contributed by atoms with Gasteiger partial charge in [-0.15, -0.1) is 20.6 Å². The molecule has 1 saturated carbocycles. The molecule has 4 atom stereocenters. The molecule has 2 aliphatic heterocycles. The lowest BCUT2D eigenvalue weighted by Crippen LogP contribution is -2.35. The van der Waals surface area contributed by atoms with Crippen LogP contribution in [-0.4, -0.2) is 45.9 Å². The van der Waals surface area contributed by atoms with E-state index < -0.39 is 0 Å². The molecule has 1 N–H and O–H groups in total. The number of carbonyl (C=O) groups is 2. The Kier molecular flexibility index (Phi) is 4.84. The van der Waals surface area contributed by atoms with Crippen molar-refractivity contribution >= 4 is 47.9 Å². The van der Waals surface area contributed by atoms with Gasteiger partial charge in [0, 0.05) is 34.9 Å². The Morgan fingerprint density at radius 2 is 2.00 bits per heavy atom. The van der Waals surface area contributed by atoms with Crippen LogP contribution in [0.1, 0.15) is 25.1 Å². The highest BCUT2D eigenvalue weighted by Gasteiger charge is 2.72. The molecule has 7 nitrogen and oxygen atoms in total. The molecule has 9 heteroatoms. The molecule has 3 aromatic rings. The Morgan fingerprint density at radius 1 is 1.21 bits per heavy atom. The largest absolute Gasteiger partial charge is 0.473 e. The highest BCUT2D eigenvalue weighted by Crippen LogP contribution is 2.63. The summed E-state index contributed by atoms with van der Waals surface area (Å²) in [5, 5.41) is 4.30. The third-order valence-corrected chi connectivity index (χ3v) is 8.58. The summed E-state index contributed by atoms with van der Waals surface area (Å²) < 4.78 is 7.25. The van der Waals surface area contributed by atoms with E-state index in [1.54, 1.807) is 23.7 Å². The van der Waals surface area contributed by atoms with Gasteiger partial charge in [-0.25, -0.2) is 4.98 Å². The van der Waals surface area contributed by atoms with Gasteiger partial charge in [0.05, 0.1) is 28.6 Å². The predicted octanol–water partition coefficient (Wildman–Crippen LogP) is 2.74.